The normalized spacial score (nSPS) is 15.6. The van der Waals surface area contributed by atoms with Gasteiger partial charge in [0.15, 0.2) is 0 Å². The molecule has 22 heavy (non-hydrogen) atoms. The van der Waals surface area contributed by atoms with Crippen LogP contribution in [0.25, 0.3) is 6.08 Å². The minimum absolute atomic E-state index is 0.288. The Morgan fingerprint density at radius 1 is 1.09 bits per heavy atom. The van der Waals surface area contributed by atoms with Crippen LogP contribution in [0.3, 0.4) is 0 Å². The quantitative estimate of drug-likeness (QED) is 0.819. The Morgan fingerprint density at radius 2 is 1.91 bits per heavy atom. The van der Waals surface area contributed by atoms with Crippen molar-refractivity contribution in [2.75, 3.05) is 5.32 Å². The Kier molecular flexibility index (Phi) is 4.13. The van der Waals surface area contributed by atoms with Crippen LogP contribution in [-0.4, -0.2) is 11.9 Å². The number of amides is 1. The monoisotopic (exact) mass is 331 g/mol. The van der Waals surface area contributed by atoms with Crippen LogP contribution >= 0.6 is 23.2 Å². The highest BCUT2D eigenvalue weighted by Crippen LogP contribution is 2.21. The van der Waals surface area contributed by atoms with Gasteiger partial charge in [0.05, 0.1) is 0 Å². The summed E-state index contributed by atoms with van der Waals surface area (Å²) in [5.41, 5.74) is 1.77. The first-order valence-electron chi connectivity index (χ1n) is 6.51. The third kappa shape index (κ3) is 3.30. The Labute approximate surface area is 137 Å². The van der Waals surface area contributed by atoms with E-state index < -0.39 is 0 Å². The molecule has 1 amide bonds. The van der Waals surface area contributed by atoms with Crippen molar-refractivity contribution in [3.05, 3.63) is 69.8 Å². The molecule has 2 N–H and O–H groups in total. The summed E-state index contributed by atoms with van der Waals surface area (Å²) in [5, 5.41) is 6.82. The van der Waals surface area contributed by atoms with Crippen molar-refractivity contribution in [2.24, 2.45) is 4.99 Å². The molecule has 110 valence electrons. The van der Waals surface area contributed by atoms with Crippen LogP contribution in [-0.2, 0) is 4.79 Å². The molecule has 6 heteroatoms. The molecule has 1 heterocycles. The maximum atomic E-state index is 12.0. The molecule has 0 saturated heterocycles. The van der Waals surface area contributed by atoms with Crippen LogP contribution in [0.5, 0.6) is 0 Å². The molecule has 0 saturated carbocycles. The van der Waals surface area contributed by atoms with Crippen LogP contribution in [0.15, 0.2) is 59.2 Å². The Morgan fingerprint density at radius 3 is 2.68 bits per heavy atom. The highest BCUT2D eigenvalue weighted by atomic mass is 35.5. The second-order valence-corrected chi connectivity index (χ2v) is 5.44. The Hall–Kier alpha value is -2.30. The van der Waals surface area contributed by atoms with Crippen molar-refractivity contribution < 1.29 is 4.79 Å². The summed E-state index contributed by atoms with van der Waals surface area (Å²) < 4.78 is 0. The van der Waals surface area contributed by atoms with E-state index in [0.29, 0.717) is 16.0 Å². The number of anilines is 1. The number of nitrogens with zero attached hydrogens (tertiary/aromatic N) is 1. The zero-order chi connectivity index (χ0) is 15.5. The standard InChI is InChI=1S/C16H11Cl2N3O/c17-11-5-3-6-12(9-11)19-16-20-14(15(22)21-16)8-10-4-1-2-7-13(10)18/h1-9H,(H2,19,20,21,22)/b14-8-. The summed E-state index contributed by atoms with van der Waals surface area (Å²) in [5.74, 6) is 0.0648. The van der Waals surface area contributed by atoms with Gasteiger partial charge in [0.2, 0.25) is 5.96 Å². The molecule has 2 aromatic carbocycles. The fourth-order valence-corrected chi connectivity index (χ4v) is 2.35. The van der Waals surface area contributed by atoms with E-state index in [1.807, 2.05) is 30.3 Å². The molecule has 1 aliphatic heterocycles. The maximum absolute atomic E-state index is 12.0. The summed E-state index contributed by atoms with van der Waals surface area (Å²) >= 11 is 12.0. The fraction of sp³-hybridized carbons (Fsp3) is 0. The van der Waals surface area contributed by atoms with E-state index >= 15 is 0 Å². The SMILES string of the molecule is O=C1NC(Nc2cccc(Cl)c2)=N/C1=C\c1ccccc1Cl. The Bertz CT molecular complexity index is 799. The number of hydrogen-bond acceptors (Lipinski definition) is 3. The molecule has 1 aliphatic rings. The van der Waals surface area contributed by atoms with Gasteiger partial charge >= 0.3 is 0 Å². The number of carbonyl (C=O) groups is 1. The van der Waals surface area contributed by atoms with Crippen LogP contribution in [0.2, 0.25) is 10.0 Å². The molecule has 0 bridgehead atoms. The molecule has 2 aromatic rings. The molecule has 3 rings (SSSR count). The number of guanidine groups is 1. The molecular weight excluding hydrogens is 321 g/mol. The molecule has 0 aliphatic carbocycles. The third-order valence-corrected chi connectivity index (χ3v) is 3.56. The predicted molar refractivity (Wildman–Crippen MR) is 90.1 cm³/mol. The first-order valence-corrected chi connectivity index (χ1v) is 7.26. The molecule has 0 radical (unpaired) electrons. The topological polar surface area (TPSA) is 53.5 Å². The number of carbonyl (C=O) groups excluding carboxylic acids is 1. The number of hydrogen-bond donors (Lipinski definition) is 2. The first kappa shape index (κ1) is 14.6. The second kappa shape index (κ2) is 6.22. The Balaban J connectivity index is 1.84. The molecule has 0 aromatic heterocycles. The average Bonchev–Trinajstić information content (AvgIpc) is 2.81. The van der Waals surface area contributed by atoms with Gasteiger partial charge in [0.1, 0.15) is 5.70 Å². The van der Waals surface area contributed by atoms with Crippen LogP contribution in [0, 0.1) is 0 Å². The van der Waals surface area contributed by atoms with Crippen molar-refractivity contribution in [3.63, 3.8) is 0 Å². The van der Waals surface area contributed by atoms with Crippen LogP contribution in [0.1, 0.15) is 5.56 Å². The van der Waals surface area contributed by atoms with Crippen molar-refractivity contribution in [1.82, 2.24) is 5.32 Å². The van der Waals surface area contributed by atoms with Gasteiger partial charge in [-0.2, -0.15) is 0 Å². The van der Waals surface area contributed by atoms with Crippen molar-refractivity contribution >= 4 is 46.8 Å². The first-order chi connectivity index (χ1) is 10.6. The lowest BCUT2D eigenvalue weighted by Crippen LogP contribution is -2.29. The lowest BCUT2D eigenvalue weighted by molar-refractivity contribution is -0.115. The van der Waals surface area contributed by atoms with E-state index in [1.165, 1.54) is 0 Å². The third-order valence-electron chi connectivity index (χ3n) is 2.98. The number of aliphatic imine (C=N–C) groups is 1. The number of nitrogens with one attached hydrogen (secondary N) is 2. The fourth-order valence-electron chi connectivity index (χ4n) is 1.97. The number of rotatable bonds is 2. The summed E-state index contributed by atoms with van der Waals surface area (Å²) in [6, 6.07) is 14.4. The largest absolute Gasteiger partial charge is 0.326 e. The summed E-state index contributed by atoms with van der Waals surface area (Å²) in [6.07, 6.45) is 1.64. The van der Waals surface area contributed by atoms with E-state index in [0.717, 1.165) is 11.3 Å². The summed E-state index contributed by atoms with van der Waals surface area (Å²) in [4.78, 5) is 16.2. The van der Waals surface area contributed by atoms with Crippen molar-refractivity contribution in [2.45, 2.75) is 0 Å². The van der Waals surface area contributed by atoms with Gasteiger partial charge in [0, 0.05) is 15.7 Å². The van der Waals surface area contributed by atoms with Gasteiger partial charge in [-0.15, -0.1) is 0 Å². The second-order valence-electron chi connectivity index (χ2n) is 4.60. The molecule has 0 fully saturated rings. The highest BCUT2D eigenvalue weighted by molar-refractivity contribution is 6.32. The lowest BCUT2D eigenvalue weighted by atomic mass is 10.2. The minimum Gasteiger partial charge on any atom is -0.326 e. The van der Waals surface area contributed by atoms with Gasteiger partial charge in [0.25, 0.3) is 5.91 Å². The average molecular weight is 332 g/mol. The van der Waals surface area contributed by atoms with E-state index in [4.69, 9.17) is 23.2 Å². The zero-order valence-electron chi connectivity index (χ0n) is 11.3. The van der Waals surface area contributed by atoms with Crippen molar-refractivity contribution in [1.29, 1.82) is 0 Å². The molecule has 0 unspecified atom stereocenters. The number of halogens is 2. The van der Waals surface area contributed by atoms with E-state index in [2.05, 4.69) is 15.6 Å². The van der Waals surface area contributed by atoms with Crippen molar-refractivity contribution in [3.8, 4) is 0 Å². The lowest BCUT2D eigenvalue weighted by Gasteiger charge is -2.04. The van der Waals surface area contributed by atoms with Crippen LogP contribution in [0.4, 0.5) is 5.69 Å². The molecular formula is C16H11Cl2N3O. The maximum Gasteiger partial charge on any atom is 0.276 e. The van der Waals surface area contributed by atoms with E-state index in [-0.39, 0.29) is 11.6 Å². The van der Waals surface area contributed by atoms with Gasteiger partial charge in [-0.05, 0) is 35.9 Å². The molecule has 0 atom stereocenters. The zero-order valence-corrected chi connectivity index (χ0v) is 12.8. The van der Waals surface area contributed by atoms with Gasteiger partial charge in [-0.25, -0.2) is 4.99 Å². The predicted octanol–water partition coefficient (Wildman–Crippen LogP) is 3.93. The van der Waals surface area contributed by atoms with Gasteiger partial charge < -0.3 is 5.32 Å². The highest BCUT2D eigenvalue weighted by Gasteiger charge is 2.20. The van der Waals surface area contributed by atoms with Gasteiger partial charge in [-0.3, -0.25) is 10.1 Å². The van der Waals surface area contributed by atoms with Gasteiger partial charge in [-0.1, -0.05) is 47.5 Å². The molecule has 4 nitrogen and oxygen atoms in total. The number of benzene rings is 2. The van der Waals surface area contributed by atoms with E-state index in [1.54, 1.807) is 24.3 Å². The van der Waals surface area contributed by atoms with Crippen LogP contribution < -0.4 is 10.6 Å². The summed E-state index contributed by atoms with van der Waals surface area (Å²) in [6.45, 7) is 0. The molecule has 0 spiro atoms. The smallest absolute Gasteiger partial charge is 0.276 e. The summed E-state index contributed by atoms with van der Waals surface area (Å²) in [7, 11) is 0. The minimum atomic E-state index is -0.288. The van der Waals surface area contributed by atoms with E-state index in [9.17, 15) is 4.79 Å².